The minimum absolute atomic E-state index is 0.0958. The third kappa shape index (κ3) is 3.67. The van der Waals surface area contributed by atoms with Crippen molar-refractivity contribution >= 4 is 34.2 Å². The maximum Gasteiger partial charge on any atom is 0.256 e. The van der Waals surface area contributed by atoms with Gasteiger partial charge in [0.25, 0.3) is 6.43 Å². The van der Waals surface area contributed by atoms with Crippen LogP contribution in [-0.2, 0) is 11.3 Å². The molecule has 4 aromatic heterocycles. The highest BCUT2D eigenvalue weighted by Gasteiger charge is 2.48. The molecule has 12 heteroatoms. The van der Waals surface area contributed by atoms with Crippen molar-refractivity contribution in [1.29, 1.82) is 0 Å². The SMILES string of the molecule is Cc1nc2ncc(-c3c[nH]c4nc(NC5CC(C)(N6CCCC6=O)C5)ncc34)nc2n1CC(F)F. The van der Waals surface area contributed by atoms with Gasteiger partial charge in [0.1, 0.15) is 11.5 Å². The molecule has 1 amide bonds. The number of amides is 1. The van der Waals surface area contributed by atoms with Crippen LogP contribution in [0.4, 0.5) is 14.7 Å². The van der Waals surface area contributed by atoms with E-state index in [1.54, 1.807) is 25.5 Å². The van der Waals surface area contributed by atoms with E-state index in [2.05, 4.69) is 42.1 Å². The number of anilines is 1. The van der Waals surface area contributed by atoms with Crippen molar-refractivity contribution < 1.29 is 13.6 Å². The van der Waals surface area contributed by atoms with Gasteiger partial charge in [-0.05, 0) is 33.1 Å². The van der Waals surface area contributed by atoms with Gasteiger partial charge in [-0.1, -0.05) is 0 Å². The highest BCUT2D eigenvalue weighted by Crippen LogP contribution is 2.41. The second-order valence-corrected chi connectivity index (χ2v) is 9.62. The van der Waals surface area contributed by atoms with Crippen LogP contribution in [-0.4, -0.2) is 69.8 Å². The van der Waals surface area contributed by atoms with Gasteiger partial charge >= 0.3 is 0 Å². The molecule has 0 radical (unpaired) electrons. The Morgan fingerprint density at radius 2 is 2.06 bits per heavy atom. The number of hydrogen-bond acceptors (Lipinski definition) is 7. The monoisotopic (exact) mass is 481 g/mol. The predicted molar refractivity (Wildman–Crippen MR) is 125 cm³/mol. The van der Waals surface area contributed by atoms with E-state index in [1.807, 2.05) is 4.90 Å². The van der Waals surface area contributed by atoms with Gasteiger partial charge in [-0.3, -0.25) is 4.79 Å². The van der Waals surface area contributed by atoms with Crippen molar-refractivity contribution in [3.05, 3.63) is 24.4 Å². The van der Waals surface area contributed by atoms with Crippen LogP contribution in [0.3, 0.4) is 0 Å². The van der Waals surface area contributed by atoms with Crippen LogP contribution in [0, 0.1) is 6.92 Å². The number of aromatic nitrogens is 7. The Morgan fingerprint density at radius 3 is 2.80 bits per heavy atom. The number of rotatable bonds is 6. The van der Waals surface area contributed by atoms with Gasteiger partial charge in [0.15, 0.2) is 11.3 Å². The van der Waals surface area contributed by atoms with E-state index in [4.69, 9.17) is 0 Å². The number of halogens is 2. The van der Waals surface area contributed by atoms with Crippen molar-refractivity contribution in [2.45, 2.75) is 64.1 Å². The van der Waals surface area contributed by atoms with Crippen LogP contribution in [0.15, 0.2) is 18.6 Å². The second kappa shape index (κ2) is 7.92. The summed E-state index contributed by atoms with van der Waals surface area (Å²) in [4.78, 5) is 39.5. The summed E-state index contributed by atoms with van der Waals surface area (Å²) in [6.45, 7) is 4.15. The van der Waals surface area contributed by atoms with Crippen molar-refractivity contribution in [3.8, 4) is 11.3 Å². The van der Waals surface area contributed by atoms with Crippen LogP contribution in [0.2, 0.25) is 0 Å². The lowest BCUT2D eigenvalue weighted by Gasteiger charge is -2.51. The number of nitrogens with one attached hydrogen (secondary N) is 2. The van der Waals surface area contributed by atoms with E-state index in [9.17, 15) is 13.6 Å². The summed E-state index contributed by atoms with van der Waals surface area (Å²) < 4.78 is 27.5. The molecule has 0 bridgehead atoms. The largest absolute Gasteiger partial charge is 0.351 e. The molecular weight excluding hydrogens is 456 g/mol. The number of nitrogens with zero attached hydrogens (tertiary/aromatic N) is 7. The molecule has 5 heterocycles. The Hall–Kier alpha value is -3.70. The van der Waals surface area contributed by atoms with Gasteiger partial charge in [0.2, 0.25) is 11.9 Å². The molecule has 182 valence electrons. The van der Waals surface area contributed by atoms with E-state index in [0.29, 0.717) is 40.8 Å². The van der Waals surface area contributed by atoms with E-state index >= 15 is 0 Å². The number of alkyl halides is 2. The Bertz CT molecular complexity index is 1440. The first kappa shape index (κ1) is 21.8. The molecule has 1 saturated carbocycles. The quantitative estimate of drug-likeness (QED) is 0.434. The first-order valence-corrected chi connectivity index (χ1v) is 11.7. The van der Waals surface area contributed by atoms with Crippen LogP contribution in [0.25, 0.3) is 33.6 Å². The van der Waals surface area contributed by atoms with Crippen LogP contribution in [0.1, 0.15) is 38.4 Å². The summed E-state index contributed by atoms with van der Waals surface area (Å²) >= 11 is 0. The fraction of sp³-hybridized carbons (Fsp3) is 0.478. The van der Waals surface area contributed by atoms with Gasteiger partial charge in [-0.15, -0.1) is 0 Å². The molecular formula is C23H25F2N9O. The van der Waals surface area contributed by atoms with Crippen molar-refractivity contribution in [3.63, 3.8) is 0 Å². The molecule has 10 nitrogen and oxygen atoms in total. The summed E-state index contributed by atoms with van der Waals surface area (Å²) in [6, 6.07) is 0.201. The van der Waals surface area contributed by atoms with Gasteiger partial charge in [0, 0.05) is 47.9 Å². The molecule has 4 aromatic rings. The highest BCUT2D eigenvalue weighted by atomic mass is 19.3. The summed E-state index contributed by atoms with van der Waals surface area (Å²) in [5.74, 6) is 1.20. The lowest BCUT2D eigenvalue weighted by molar-refractivity contribution is -0.136. The Labute approximate surface area is 199 Å². The summed E-state index contributed by atoms with van der Waals surface area (Å²) in [5, 5.41) is 4.13. The van der Waals surface area contributed by atoms with Crippen molar-refractivity contribution in [2.24, 2.45) is 0 Å². The van der Waals surface area contributed by atoms with Crippen molar-refractivity contribution in [2.75, 3.05) is 11.9 Å². The normalized spacial score (nSPS) is 22.5. The van der Waals surface area contributed by atoms with Crippen LogP contribution < -0.4 is 5.32 Å². The molecule has 6 rings (SSSR count). The van der Waals surface area contributed by atoms with E-state index in [0.717, 1.165) is 36.8 Å². The molecule has 2 aliphatic rings. The molecule has 1 aliphatic carbocycles. The number of imidazole rings is 1. The first-order chi connectivity index (χ1) is 16.8. The first-order valence-electron chi connectivity index (χ1n) is 11.7. The number of aryl methyl sites for hydroxylation is 1. The maximum atomic E-state index is 13.0. The average molecular weight is 482 g/mol. The lowest BCUT2D eigenvalue weighted by Crippen LogP contribution is -2.59. The summed E-state index contributed by atoms with van der Waals surface area (Å²) in [7, 11) is 0. The Balaban J connectivity index is 1.22. The minimum atomic E-state index is -2.52. The van der Waals surface area contributed by atoms with Gasteiger partial charge in [-0.25, -0.2) is 28.7 Å². The number of hydrogen-bond donors (Lipinski definition) is 2. The fourth-order valence-electron chi connectivity index (χ4n) is 5.40. The second-order valence-electron chi connectivity index (χ2n) is 9.62. The van der Waals surface area contributed by atoms with Gasteiger partial charge < -0.3 is 19.8 Å². The third-order valence-electron chi connectivity index (χ3n) is 7.11. The molecule has 2 fully saturated rings. The molecule has 35 heavy (non-hydrogen) atoms. The molecule has 1 saturated heterocycles. The number of H-pyrrole nitrogens is 1. The van der Waals surface area contributed by atoms with Crippen molar-refractivity contribution in [1.82, 2.24) is 39.4 Å². The zero-order valence-electron chi connectivity index (χ0n) is 19.4. The molecule has 0 atom stereocenters. The summed E-state index contributed by atoms with van der Waals surface area (Å²) in [6.07, 6.45) is 5.83. The van der Waals surface area contributed by atoms with Crippen LogP contribution in [0.5, 0.6) is 0 Å². The standard InChI is InChI=1S/C23H25F2N9O/c1-12-29-20-21(33(12)11-17(24)25)31-16(10-27-20)14-8-26-19-15(14)9-28-22(32-19)30-13-6-23(2,7-13)34-5-3-4-18(34)35/h8-10,13,17H,3-7,11H2,1-2H3,(H2,26,28,30,32). The van der Waals surface area contributed by atoms with E-state index < -0.39 is 13.0 Å². The zero-order chi connectivity index (χ0) is 24.3. The fourth-order valence-corrected chi connectivity index (χ4v) is 5.40. The predicted octanol–water partition coefficient (Wildman–Crippen LogP) is 3.29. The molecule has 1 aliphatic heterocycles. The highest BCUT2D eigenvalue weighted by molar-refractivity contribution is 5.93. The zero-order valence-corrected chi connectivity index (χ0v) is 19.4. The maximum absolute atomic E-state index is 13.0. The molecule has 0 unspecified atom stereocenters. The third-order valence-corrected chi connectivity index (χ3v) is 7.11. The topological polar surface area (TPSA) is 118 Å². The number of fused-ring (bicyclic) bond motifs is 2. The number of carbonyl (C=O) groups excluding carboxylic acids is 1. The smallest absolute Gasteiger partial charge is 0.256 e. The van der Waals surface area contributed by atoms with Crippen LogP contribution >= 0.6 is 0 Å². The number of aromatic amines is 1. The average Bonchev–Trinajstić information content (AvgIpc) is 3.49. The number of carbonyl (C=O) groups is 1. The minimum Gasteiger partial charge on any atom is -0.351 e. The summed E-state index contributed by atoms with van der Waals surface area (Å²) in [5.41, 5.74) is 2.44. The van der Waals surface area contributed by atoms with Gasteiger partial charge in [0.05, 0.1) is 18.4 Å². The molecule has 0 spiro atoms. The molecule has 2 N–H and O–H groups in total. The molecule has 0 aromatic carbocycles. The Morgan fingerprint density at radius 1 is 1.23 bits per heavy atom. The lowest BCUT2D eigenvalue weighted by atomic mass is 9.73. The number of likely N-dealkylation sites (tertiary alicyclic amines) is 1. The van der Waals surface area contributed by atoms with E-state index in [-0.39, 0.29) is 17.5 Å². The van der Waals surface area contributed by atoms with Gasteiger partial charge in [-0.2, -0.15) is 4.98 Å². The van der Waals surface area contributed by atoms with E-state index in [1.165, 1.54) is 4.57 Å². The Kier molecular flexibility index (Phi) is 4.94.